The van der Waals surface area contributed by atoms with Gasteiger partial charge in [0.25, 0.3) is 0 Å². The third-order valence-electron chi connectivity index (χ3n) is 16.6. The van der Waals surface area contributed by atoms with E-state index in [-0.39, 0.29) is 0 Å². The van der Waals surface area contributed by atoms with E-state index in [1.165, 1.54) is 239 Å². The first-order chi connectivity index (χ1) is 35.0. The van der Waals surface area contributed by atoms with Gasteiger partial charge in [-0.05, 0) is 173 Å². The lowest BCUT2D eigenvalue weighted by Gasteiger charge is -2.29. The van der Waals surface area contributed by atoms with Crippen molar-refractivity contribution in [1.29, 1.82) is 0 Å². The molecule has 6 rings (SSSR count). The number of aryl methyl sites for hydroxylation is 4. The number of hydrogen-bond acceptors (Lipinski definition) is 5. The normalized spacial score (nSPS) is 18.3. The zero-order chi connectivity index (χ0) is 49.6. The van der Waals surface area contributed by atoms with Crippen molar-refractivity contribution >= 4 is 0 Å². The predicted molar refractivity (Wildman–Crippen MR) is 302 cm³/mol. The van der Waals surface area contributed by atoms with E-state index in [1.807, 2.05) is 0 Å². The first-order valence-electron chi connectivity index (χ1n) is 30.6. The van der Waals surface area contributed by atoms with Crippen LogP contribution in [0, 0.1) is 11.8 Å². The Hall–Kier alpha value is -3.60. The molecule has 2 fully saturated rings. The van der Waals surface area contributed by atoms with Crippen LogP contribution in [0.15, 0.2) is 61.2 Å². The molecule has 4 aromatic rings. The largest absolute Gasteiger partial charge is 0.457 e. The van der Waals surface area contributed by atoms with Crippen LogP contribution in [0.1, 0.15) is 290 Å². The minimum atomic E-state index is 0.476. The zero-order valence-corrected chi connectivity index (χ0v) is 46.2. The Bertz CT molecular complexity index is 1830. The molecule has 0 bridgehead atoms. The van der Waals surface area contributed by atoms with Crippen molar-refractivity contribution in [1.82, 2.24) is 19.9 Å². The summed E-state index contributed by atoms with van der Waals surface area (Å²) in [5.74, 6) is 6.56. The summed E-state index contributed by atoms with van der Waals surface area (Å²) in [6.45, 7) is 9.20. The summed E-state index contributed by atoms with van der Waals surface area (Å²) >= 11 is 0. The van der Waals surface area contributed by atoms with Gasteiger partial charge in [0.2, 0.25) is 0 Å². The molecule has 0 N–H and O–H groups in total. The summed E-state index contributed by atoms with van der Waals surface area (Å²) in [7, 11) is 0. The molecule has 2 aliphatic rings. The van der Waals surface area contributed by atoms with Crippen molar-refractivity contribution in [2.75, 3.05) is 0 Å². The van der Waals surface area contributed by atoms with Crippen LogP contribution in [0.4, 0.5) is 0 Å². The van der Waals surface area contributed by atoms with Gasteiger partial charge in [-0.15, -0.1) is 0 Å². The first-order valence-corrected chi connectivity index (χ1v) is 30.6. The molecule has 2 saturated carbocycles. The van der Waals surface area contributed by atoms with Gasteiger partial charge in [-0.25, -0.2) is 19.9 Å². The van der Waals surface area contributed by atoms with Crippen molar-refractivity contribution in [2.45, 2.75) is 284 Å². The number of benzene rings is 2. The lowest BCUT2D eigenvalue weighted by atomic mass is 9.78. The number of unbranched alkanes of at least 4 members (excludes halogenated alkanes) is 20. The predicted octanol–water partition coefficient (Wildman–Crippen LogP) is 19.7. The van der Waals surface area contributed by atoms with Gasteiger partial charge in [0.1, 0.15) is 23.1 Å². The third kappa shape index (κ3) is 21.0. The van der Waals surface area contributed by atoms with Crippen molar-refractivity contribution < 1.29 is 4.74 Å². The number of ether oxygens (including phenoxy) is 1. The van der Waals surface area contributed by atoms with E-state index >= 15 is 0 Å². The van der Waals surface area contributed by atoms with Gasteiger partial charge in [0.15, 0.2) is 0 Å². The van der Waals surface area contributed by atoms with Crippen LogP contribution >= 0.6 is 0 Å². The molecule has 2 aliphatic carbocycles. The Morgan fingerprint density at radius 1 is 0.352 bits per heavy atom. The van der Waals surface area contributed by atoms with Crippen LogP contribution in [-0.4, -0.2) is 19.9 Å². The Kier molecular flexibility index (Phi) is 27.1. The van der Waals surface area contributed by atoms with Gasteiger partial charge in [-0.1, -0.05) is 180 Å². The molecule has 0 aliphatic heterocycles. The van der Waals surface area contributed by atoms with E-state index < -0.39 is 0 Å². The zero-order valence-electron chi connectivity index (χ0n) is 46.2. The van der Waals surface area contributed by atoms with E-state index in [4.69, 9.17) is 24.7 Å². The third-order valence-corrected chi connectivity index (χ3v) is 16.6. The molecule has 0 radical (unpaired) electrons. The topological polar surface area (TPSA) is 60.8 Å². The highest BCUT2D eigenvalue weighted by molar-refractivity contribution is 5.45. The van der Waals surface area contributed by atoms with Crippen LogP contribution in [0.5, 0.6) is 11.5 Å². The van der Waals surface area contributed by atoms with E-state index in [1.54, 1.807) is 0 Å². The maximum atomic E-state index is 7.25. The van der Waals surface area contributed by atoms with Gasteiger partial charge in [-0.3, -0.25) is 0 Å². The fourth-order valence-electron chi connectivity index (χ4n) is 11.9. The highest BCUT2D eigenvalue weighted by atomic mass is 16.5. The van der Waals surface area contributed by atoms with E-state index in [0.717, 1.165) is 61.7 Å². The molecule has 2 heterocycles. The molecule has 71 heavy (non-hydrogen) atoms. The second kappa shape index (κ2) is 34.0. The quantitative estimate of drug-likeness (QED) is 0.0425. The summed E-state index contributed by atoms with van der Waals surface area (Å²) in [5.41, 5.74) is 8.39. The monoisotopic (exact) mass is 967 g/mol. The molecular formula is C66H102N4O. The van der Waals surface area contributed by atoms with Crippen molar-refractivity contribution in [3.63, 3.8) is 0 Å². The number of nitrogens with zero attached hydrogens (tertiary/aromatic N) is 4. The summed E-state index contributed by atoms with van der Waals surface area (Å²) in [6, 6.07) is 14.5. The molecule has 392 valence electrons. The van der Waals surface area contributed by atoms with Crippen LogP contribution < -0.4 is 4.74 Å². The van der Waals surface area contributed by atoms with Crippen LogP contribution in [0.3, 0.4) is 0 Å². The lowest BCUT2D eigenvalue weighted by Crippen LogP contribution is -2.18. The molecule has 0 unspecified atom stereocenters. The maximum Gasteiger partial charge on any atom is 0.131 e. The van der Waals surface area contributed by atoms with Crippen molar-refractivity contribution in [2.24, 2.45) is 11.8 Å². The van der Waals surface area contributed by atoms with E-state index in [0.29, 0.717) is 23.7 Å². The standard InChI is InChI=1S/C66H102N4O/c1-5-9-13-17-19-23-25-29-53-37-43-63(61(45-53)47-55-33-39-59(40-34-55)65-67-49-57(50-68-65)31-27-21-15-11-7-3)71-64-44-38-54(30-26-24-20-18-14-10-6-2)46-62(64)48-56-35-41-60(42-36-56)66-69-51-58(52-70-66)32-28-22-16-12-8-4/h37-38,43-46,49-52,55-56,59-60H,5-36,39-42,47-48H2,1-4H3. The first kappa shape index (κ1) is 56.7. The molecule has 2 aromatic heterocycles. The SMILES string of the molecule is CCCCCCCCCc1ccc(Oc2ccc(CCCCCCCCC)cc2CC2CCC(c3ncc(CCCCCCC)cn3)CC2)c(CC2CCC(c3ncc(CCCCCCC)cn3)CC2)c1. The van der Waals surface area contributed by atoms with E-state index in [2.05, 4.69) is 88.9 Å². The molecule has 0 spiro atoms. The average Bonchev–Trinajstić information content (AvgIpc) is 3.40. The Morgan fingerprint density at radius 2 is 0.648 bits per heavy atom. The van der Waals surface area contributed by atoms with Crippen LogP contribution in [-0.2, 0) is 38.5 Å². The van der Waals surface area contributed by atoms with Gasteiger partial charge in [0.05, 0.1) is 0 Å². The summed E-state index contributed by atoms with van der Waals surface area (Å²) < 4.78 is 7.25. The molecule has 0 saturated heterocycles. The fourth-order valence-corrected chi connectivity index (χ4v) is 11.9. The number of rotatable bonds is 36. The second-order valence-corrected chi connectivity index (χ2v) is 22.8. The number of aromatic nitrogens is 4. The summed E-state index contributed by atoms with van der Waals surface area (Å²) in [4.78, 5) is 19.8. The van der Waals surface area contributed by atoms with Gasteiger partial charge in [0, 0.05) is 36.6 Å². The Balaban J connectivity index is 1.11. The van der Waals surface area contributed by atoms with E-state index in [9.17, 15) is 0 Å². The summed E-state index contributed by atoms with van der Waals surface area (Å²) in [6.07, 6.45) is 56.8. The smallest absolute Gasteiger partial charge is 0.131 e. The molecule has 0 atom stereocenters. The highest BCUT2D eigenvalue weighted by Crippen LogP contribution is 2.41. The van der Waals surface area contributed by atoms with Gasteiger partial charge < -0.3 is 4.74 Å². The molecule has 5 nitrogen and oxygen atoms in total. The van der Waals surface area contributed by atoms with Gasteiger partial charge in [-0.2, -0.15) is 0 Å². The number of hydrogen-bond donors (Lipinski definition) is 0. The molecule has 0 amide bonds. The van der Waals surface area contributed by atoms with Crippen molar-refractivity contribution in [3.05, 3.63) is 106 Å². The highest BCUT2D eigenvalue weighted by Gasteiger charge is 2.28. The van der Waals surface area contributed by atoms with Crippen LogP contribution in [0.25, 0.3) is 0 Å². The van der Waals surface area contributed by atoms with Gasteiger partial charge >= 0.3 is 0 Å². The average molecular weight is 968 g/mol. The van der Waals surface area contributed by atoms with Crippen LogP contribution in [0.2, 0.25) is 0 Å². The minimum Gasteiger partial charge on any atom is -0.457 e. The Labute approximate surface area is 435 Å². The minimum absolute atomic E-state index is 0.476. The summed E-state index contributed by atoms with van der Waals surface area (Å²) in [5, 5.41) is 0. The molecule has 2 aromatic carbocycles. The fraction of sp³-hybridized carbons (Fsp3) is 0.697. The maximum absolute atomic E-state index is 7.25. The van der Waals surface area contributed by atoms with Crippen molar-refractivity contribution in [3.8, 4) is 11.5 Å². The molecular weight excluding hydrogens is 865 g/mol. The molecule has 5 heteroatoms. The second-order valence-electron chi connectivity index (χ2n) is 22.8. The lowest BCUT2D eigenvalue weighted by molar-refractivity contribution is 0.312. The Morgan fingerprint density at radius 3 is 0.972 bits per heavy atom.